The number of anilines is 1. The van der Waals surface area contributed by atoms with E-state index in [0.29, 0.717) is 43.6 Å². The van der Waals surface area contributed by atoms with Gasteiger partial charge in [0.2, 0.25) is 5.95 Å². The van der Waals surface area contributed by atoms with Crippen molar-refractivity contribution in [3.05, 3.63) is 66.6 Å². The molecule has 3 heterocycles. The van der Waals surface area contributed by atoms with Crippen molar-refractivity contribution < 1.29 is 13.6 Å². The molecule has 0 atom stereocenters. The van der Waals surface area contributed by atoms with Gasteiger partial charge in [0.05, 0.1) is 12.0 Å². The number of carbonyl (C=O) groups is 1. The van der Waals surface area contributed by atoms with Crippen LogP contribution in [0.3, 0.4) is 0 Å². The predicted octanol–water partition coefficient (Wildman–Crippen LogP) is 2.57. The molecule has 1 amide bonds. The molecule has 0 saturated carbocycles. The molecule has 0 radical (unpaired) electrons. The van der Waals surface area contributed by atoms with Gasteiger partial charge in [-0.3, -0.25) is 9.36 Å². The van der Waals surface area contributed by atoms with Crippen LogP contribution in [0.25, 0.3) is 5.69 Å². The number of carbonyl (C=O) groups excluding carboxylic acids is 1. The number of piperazine rings is 1. The number of furan rings is 1. The maximum absolute atomic E-state index is 14.1. The van der Waals surface area contributed by atoms with E-state index in [1.807, 2.05) is 0 Å². The summed E-state index contributed by atoms with van der Waals surface area (Å²) in [6.07, 6.45) is 4.89. The lowest BCUT2D eigenvalue weighted by Crippen LogP contribution is -2.49. The van der Waals surface area contributed by atoms with Crippen LogP contribution in [0.4, 0.5) is 10.3 Å². The van der Waals surface area contributed by atoms with Gasteiger partial charge in [0.25, 0.3) is 5.91 Å². The molecule has 1 saturated heterocycles. The van der Waals surface area contributed by atoms with E-state index in [1.165, 1.54) is 12.3 Å². The molecule has 0 spiro atoms. The van der Waals surface area contributed by atoms with E-state index in [-0.39, 0.29) is 11.7 Å². The van der Waals surface area contributed by atoms with Crippen LogP contribution in [0.5, 0.6) is 0 Å². The van der Waals surface area contributed by atoms with E-state index in [1.54, 1.807) is 52.2 Å². The van der Waals surface area contributed by atoms with E-state index in [9.17, 15) is 9.18 Å². The van der Waals surface area contributed by atoms with Crippen LogP contribution in [0, 0.1) is 5.82 Å². The predicted molar refractivity (Wildman–Crippen MR) is 90.3 cm³/mol. The highest BCUT2D eigenvalue weighted by atomic mass is 19.1. The molecule has 0 unspecified atom stereocenters. The molecule has 3 aromatic rings. The summed E-state index contributed by atoms with van der Waals surface area (Å²) in [5.41, 5.74) is 0.462. The third-order valence-corrected chi connectivity index (χ3v) is 4.31. The topological polar surface area (TPSA) is 54.5 Å². The lowest BCUT2D eigenvalue weighted by molar-refractivity contribution is 0.0714. The Hall–Kier alpha value is -3.09. The third kappa shape index (κ3) is 2.88. The Morgan fingerprint density at radius 3 is 2.60 bits per heavy atom. The number of nitrogens with zero attached hydrogens (tertiary/aromatic N) is 4. The fraction of sp³-hybridized carbons (Fsp3) is 0.222. The second kappa shape index (κ2) is 6.43. The molecule has 4 rings (SSSR count). The molecular formula is C18H17FN4O2. The first-order valence-electron chi connectivity index (χ1n) is 8.10. The van der Waals surface area contributed by atoms with Gasteiger partial charge in [0.1, 0.15) is 5.82 Å². The minimum absolute atomic E-state index is 0.109. The average Bonchev–Trinajstić information content (AvgIpc) is 3.34. The molecule has 128 valence electrons. The van der Waals surface area contributed by atoms with Crippen LogP contribution in [-0.2, 0) is 0 Å². The molecule has 1 aliphatic rings. The van der Waals surface area contributed by atoms with Gasteiger partial charge < -0.3 is 14.2 Å². The van der Waals surface area contributed by atoms with Crippen molar-refractivity contribution in [2.75, 3.05) is 31.1 Å². The normalized spacial score (nSPS) is 14.8. The van der Waals surface area contributed by atoms with E-state index < -0.39 is 0 Å². The second-order valence-corrected chi connectivity index (χ2v) is 5.81. The molecule has 1 aromatic carbocycles. The van der Waals surface area contributed by atoms with Gasteiger partial charge in [-0.25, -0.2) is 9.37 Å². The number of halogens is 1. The molecule has 0 bridgehead atoms. The summed E-state index contributed by atoms with van der Waals surface area (Å²) in [5, 5.41) is 0. The summed E-state index contributed by atoms with van der Waals surface area (Å²) in [6, 6.07) is 9.97. The molecule has 1 aliphatic heterocycles. The summed E-state index contributed by atoms with van der Waals surface area (Å²) in [5.74, 6) is 0.618. The Kier molecular flexibility index (Phi) is 3.97. The molecule has 6 nitrogen and oxygen atoms in total. The minimum atomic E-state index is -0.298. The Balaban J connectivity index is 1.50. The van der Waals surface area contributed by atoms with E-state index in [4.69, 9.17) is 4.42 Å². The first kappa shape index (κ1) is 15.4. The molecule has 0 N–H and O–H groups in total. The van der Waals surface area contributed by atoms with Gasteiger partial charge in [-0.05, 0) is 24.3 Å². The maximum Gasteiger partial charge on any atom is 0.289 e. The van der Waals surface area contributed by atoms with Crippen LogP contribution >= 0.6 is 0 Å². The fourth-order valence-electron chi connectivity index (χ4n) is 3.03. The lowest BCUT2D eigenvalue weighted by Gasteiger charge is -2.35. The van der Waals surface area contributed by atoms with Crippen LogP contribution in [0.1, 0.15) is 10.6 Å². The van der Waals surface area contributed by atoms with Gasteiger partial charge in [-0.15, -0.1) is 0 Å². The van der Waals surface area contributed by atoms with E-state index >= 15 is 0 Å². The number of imidazole rings is 1. The van der Waals surface area contributed by atoms with Gasteiger partial charge >= 0.3 is 0 Å². The first-order valence-corrected chi connectivity index (χ1v) is 8.10. The Morgan fingerprint density at radius 2 is 1.88 bits per heavy atom. The molecule has 2 aromatic heterocycles. The zero-order chi connectivity index (χ0) is 17.2. The van der Waals surface area contributed by atoms with Crippen molar-refractivity contribution in [2.45, 2.75) is 0 Å². The number of rotatable bonds is 3. The first-order chi connectivity index (χ1) is 12.2. The highest BCUT2D eigenvalue weighted by Crippen LogP contribution is 2.22. The fourth-order valence-corrected chi connectivity index (χ4v) is 3.03. The van der Waals surface area contributed by atoms with E-state index in [2.05, 4.69) is 9.88 Å². The number of hydrogen-bond acceptors (Lipinski definition) is 4. The van der Waals surface area contributed by atoms with Crippen molar-refractivity contribution in [2.24, 2.45) is 0 Å². The van der Waals surface area contributed by atoms with Crippen LogP contribution < -0.4 is 4.90 Å². The number of benzene rings is 1. The summed E-state index contributed by atoms with van der Waals surface area (Å²) in [6.45, 7) is 2.36. The van der Waals surface area contributed by atoms with Crippen LogP contribution in [0.15, 0.2) is 59.5 Å². The largest absolute Gasteiger partial charge is 0.459 e. The zero-order valence-corrected chi connectivity index (χ0v) is 13.5. The highest BCUT2D eigenvalue weighted by Gasteiger charge is 2.26. The quantitative estimate of drug-likeness (QED) is 0.735. The Labute approximate surface area is 144 Å². The Morgan fingerprint density at radius 1 is 1.08 bits per heavy atom. The van der Waals surface area contributed by atoms with Crippen LogP contribution in [-0.4, -0.2) is 46.5 Å². The molecule has 0 aliphatic carbocycles. The third-order valence-electron chi connectivity index (χ3n) is 4.31. The van der Waals surface area contributed by atoms with Gasteiger partial charge in [-0.2, -0.15) is 0 Å². The number of amides is 1. The number of aromatic nitrogens is 2. The maximum atomic E-state index is 14.1. The smallest absolute Gasteiger partial charge is 0.289 e. The molecule has 7 heteroatoms. The minimum Gasteiger partial charge on any atom is -0.459 e. The van der Waals surface area contributed by atoms with Gasteiger partial charge in [0.15, 0.2) is 5.76 Å². The Bertz CT molecular complexity index is 867. The van der Waals surface area contributed by atoms with Gasteiger partial charge in [0, 0.05) is 38.6 Å². The molecule has 25 heavy (non-hydrogen) atoms. The van der Waals surface area contributed by atoms with Crippen molar-refractivity contribution in [1.82, 2.24) is 14.5 Å². The second-order valence-electron chi connectivity index (χ2n) is 5.81. The summed E-state index contributed by atoms with van der Waals surface area (Å²) in [4.78, 5) is 20.5. The van der Waals surface area contributed by atoms with Crippen molar-refractivity contribution in [3.63, 3.8) is 0 Å². The molecular weight excluding hydrogens is 323 g/mol. The standard InChI is InChI=1S/C18H17FN4O2/c19-14-4-1-2-5-15(14)23-8-7-20-18(23)22-11-9-21(10-12-22)17(24)16-6-3-13-25-16/h1-8,13H,9-12H2. The zero-order valence-electron chi connectivity index (χ0n) is 13.5. The van der Waals surface area contributed by atoms with Gasteiger partial charge in [-0.1, -0.05) is 12.1 Å². The monoisotopic (exact) mass is 340 g/mol. The average molecular weight is 340 g/mol. The van der Waals surface area contributed by atoms with Crippen molar-refractivity contribution >= 4 is 11.9 Å². The summed E-state index contributed by atoms with van der Waals surface area (Å²) in [7, 11) is 0. The summed E-state index contributed by atoms with van der Waals surface area (Å²) >= 11 is 0. The van der Waals surface area contributed by atoms with Crippen molar-refractivity contribution in [1.29, 1.82) is 0 Å². The number of para-hydroxylation sites is 1. The lowest BCUT2D eigenvalue weighted by atomic mass is 10.3. The summed E-state index contributed by atoms with van der Waals surface area (Å²) < 4.78 is 21.0. The van der Waals surface area contributed by atoms with Crippen LogP contribution in [0.2, 0.25) is 0 Å². The highest BCUT2D eigenvalue weighted by molar-refractivity contribution is 5.91. The van der Waals surface area contributed by atoms with E-state index in [0.717, 1.165) is 0 Å². The molecule has 1 fully saturated rings. The van der Waals surface area contributed by atoms with Crippen molar-refractivity contribution in [3.8, 4) is 5.69 Å². The number of hydrogen-bond donors (Lipinski definition) is 0. The SMILES string of the molecule is O=C(c1ccco1)N1CCN(c2nccn2-c2ccccc2F)CC1.